The van der Waals surface area contributed by atoms with Crippen LogP contribution in [0.2, 0.25) is 0 Å². The lowest BCUT2D eigenvalue weighted by Crippen LogP contribution is -2.57. The molecular weight excluding hydrogens is 362 g/mol. The maximum absolute atomic E-state index is 12.8. The Hall–Kier alpha value is -2.26. The summed E-state index contributed by atoms with van der Waals surface area (Å²) < 4.78 is 34.2. The van der Waals surface area contributed by atoms with E-state index in [-0.39, 0.29) is 48.2 Å². The van der Waals surface area contributed by atoms with Crippen molar-refractivity contribution in [1.82, 2.24) is 9.80 Å². The minimum absolute atomic E-state index is 0.000700. The van der Waals surface area contributed by atoms with Crippen LogP contribution in [0.15, 0.2) is 24.3 Å². The third kappa shape index (κ3) is 3.25. The minimum Gasteiger partial charge on any atom is -0.435 e. The number of nitrogens with zero attached hydrogens (tertiary/aromatic N) is 2. The number of hydrogen-bond acceptors (Lipinski definition) is 5. The van der Waals surface area contributed by atoms with E-state index in [4.69, 9.17) is 4.74 Å². The lowest BCUT2D eigenvalue weighted by atomic mass is 10.0. The topological polar surface area (TPSA) is 79.3 Å². The molecule has 3 saturated heterocycles. The number of carbonyl (C=O) groups is 2. The van der Waals surface area contributed by atoms with Gasteiger partial charge >= 0.3 is 6.61 Å². The van der Waals surface area contributed by atoms with Gasteiger partial charge in [0.1, 0.15) is 5.75 Å². The molecule has 1 unspecified atom stereocenters. The second-order valence-electron chi connectivity index (χ2n) is 7.20. The van der Waals surface area contributed by atoms with Crippen LogP contribution < -0.4 is 4.74 Å². The minimum atomic E-state index is -2.96. The number of halogens is 2. The van der Waals surface area contributed by atoms with Crippen LogP contribution in [0, 0.1) is 0 Å². The van der Waals surface area contributed by atoms with E-state index < -0.39 is 12.2 Å². The van der Waals surface area contributed by atoms with Crippen molar-refractivity contribution in [3.05, 3.63) is 29.8 Å². The van der Waals surface area contributed by atoms with Crippen LogP contribution >= 0.6 is 0 Å². The molecule has 1 aromatic carbocycles. The Balaban J connectivity index is 1.44. The van der Waals surface area contributed by atoms with Crippen LogP contribution in [-0.2, 0) is 9.53 Å². The highest BCUT2D eigenvalue weighted by atomic mass is 19.3. The number of likely N-dealkylation sites (tertiary alicyclic amines) is 2. The van der Waals surface area contributed by atoms with E-state index in [1.807, 2.05) is 0 Å². The lowest BCUT2D eigenvalue weighted by Gasteiger charge is -2.37. The summed E-state index contributed by atoms with van der Waals surface area (Å²) in [5, 5.41) is 10.4. The average Bonchev–Trinajstić information content (AvgIpc) is 3.36. The molecule has 1 aromatic rings. The zero-order valence-electron chi connectivity index (χ0n) is 14.5. The molecule has 0 saturated carbocycles. The van der Waals surface area contributed by atoms with Gasteiger partial charge in [-0.1, -0.05) is 6.07 Å². The number of fused-ring (bicyclic) bond motifs is 2. The first kappa shape index (κ1) is 18.1. The third-order valence-corrected chi connectivity index (χ3v) is 5.47. The number of piperazine rings is 1. The fourth-order valence-electron chi connectivity index (χ4n) is 4.13. The summed E-state index contributed by atoms with van der Waals surface area (Å²) in [7, 11) is 0. The average molecular weight is 382 g/mol. The highest BCUT2D eigenvalue weighted by Crippen LogP contribution is 2.35. The second-order valence-corrected chi connectivity index (χ2v) is 7.20. The fourth-order valence-corrected chi connectivity index (χ4v) is 4.13. The first-order valence-electron chi connectivity index (χ1n) is 8.84. The first-order valence-corrected chi connectivity index (χ1v) is 8.84. The number of benzene rings is 1. The number of carbonyl (C=O) groups excluding carboxylic acids is 2. The smallest absolute Gasteiger partial charge is 0.387 e. The van der Waals surface area contributed by atoms with Crippen LogP contribution in [0.25, 0.3) is 0 Å². The molecule has 0 aromatic heterocycles. The van der Waals surface area contributed by atoms with Crippen molar-refractivity contribution in [1.29, 1.82) is 0 Å². The van der Waals surface area contributed by atoms with Gasteiger partial charge in [-0.05, 0) is 24.6 Å². The van der Waals surface area contributed by atoms with Gasteiger partial charge in [0.15, 0.2) is 5.60 Å². The Bertz CT molecular complexity index is 753. The SMILES string of the molecule is O=C(c1cccc(OC(F)F)c1)N1C[C@@H]2C[C@H]1CN2C(=O)C1(O)CCOC1. The molecule has 2 amide bonds. The Morgan fingerprint density at radius 2 is 2.00 bits per heavy atom. The monoisotopic (exact) mass is 382 g/mol. The highest BCUT2D eigenvalue weighted by molar-refractivity contribution is 5.95. The van der Waals surface area contributed by atoms with Gasteiger partial charge in [0.05, 0.1) is 25.3 Å². The van der Waals surface area contributed by atoms with Crippen LogP contribution in [0.5, 0.6) is 5.75 Å². The quantitative estimate of drug-likeness (QED) is 0.836. The van der Waals surface area contributed by atoms with Crippen molar-refractivity contribution in [2.75, 3.05) is 26.3 Å². The van der Waals surface area contributed by atoms with E-state index in [1.165, 1.54) is 18.2 Å². The van der Waals surface area contributed by atoms with Gasteiger partial charge in [-0.15, -0.1) is 0 Å². The molecule has 0 radical (unpaired) electrons. The maximum atomic E-state index is 12.8. The number of rotatable bonds is 4. The number of hydrogen-bond donors (Lipinski definition) is 1. The Labute approximate surface area is 154 Å². The Kier molecular flexibility index (Phi) is 4.51. The molecule has 3 aliphatic rings. The van der Waals surface area contributed by atoms with E-state index in [0.717, 1.165) is 0 Å². The normalized spacial score (nSPS) is 29.6. The largest absolute Gasteiger partial charge is 0.435 e. The summed E-state index contributed by atoms with van der Waals surface area (Å²) in [6.45, 7) is -1.90. The molecule has 0 spiro atoms. The van der Waals surface area contributed by atoms with Crippen molar-refractivity contribution in [2.45, 2.75) is 37.1 Å². The molecule has 3 fully saturated rings. The van der Waals surface area contributed by atoms with Crippen molar-refractivity contribution < 1.29 is 33.0 Å². The zero-order chi connectivity index (χ0) is 19.2. The van der Waals surface area contributed by atoms with Gasteiger partial charge in [0.2, 0.25) is 0 Å². The molecule has 146 valence electrons. The number of aliphatic hydroxyl groups is 1. The molecule has 3 atom stereocenters. The van der Waals surface area contributed by atoms with E-state index >= 15 is 0 Å². The van der Waals surface area contributed by atoms with E-state index in [9.17, 15) is 23.5 Å². The first-order chi connectivity index (χ1) is 12.9. The third-order valence-electron chi connectivity index (χ3n) is 5.47. The predicted molar refractivity (Wildman–Crippen MR) is 88.4 cm³/mol. The van der Waals surface area contributed by atoms with Crippen LogP contribution in [0.3, 0.4) is 0 Å². The summed E-state index contributed by atoms with van der Waals surface area (Å²) >= 11 is 0. The summed E-state index contributed by atoms with van der Waals surface area (Å²) in [5.41, 5.74) is -1.21. The summed E-state index contributed by atoms with van der Waals surface area (Å²) in [6, 6.07) is 5.39. The van der Waals surface area contributed by atoms with Crippen molar-refractivity contribution in [3.63, 3.8) is 0 Å². The zero-order valence-corrected chi connectivity index (χ0v) is 14.5. The molecule has 2 bridgehead atoms. The molecule has 4 rings (SSSR count). The number of alkyl halides is 2. The summed E-state index contributed by atoms with van der Waals surface area (Å²) in [4.78, 5) is 28.7. The predicted octanol–water partition coefficient (Wildman–Crippen LogP) is 0.865. The van der Waals surface area contributed by atoms with Gasteiger partial charge < -0.3 is 24.4 Å². The van der Waals surface area contributed by atoms with Crippen LogP contribution in [-0.4, -0.2) is 77.3 Å². The summed E-state index contributed by atoms with van der Waals surface area (Å²) in [6.07, 6.45) is 0.918. The molecule has 9 heteroatoms. The molecule has 1 N–H and O–H groups in total. The molecule has 3 heterocycles. The number of amides is 2. The number of ether oxygens (including phenoxy) is 2. The van der Waals surface area contributed by atoms with E-state index in [2.05, 4.69) is 4.74 Å². The highest BCUT2D eigenvalue weighted by Gasteiger charge is 2.52. The van der Waals surface area contributed by atoms with E-state index in [1.54, 1.807) is 15.9 Å². The molecule has 0 aliphatic carbocycles. The van der Waals surface area contributed by atoms with Crippen molar-refractivity contribution >= 4 is 11.8 Å². The van der Waals surface area contributed by atoms with Gasteiger partial charge in [0, 0.05) is 25.1 Å². The standard InChI is InChI=1S/C18H20F2N2O5/c19-17(20)27-14-3-1-2-11(6-14)15(23)21-8-13-7-12(21)9-22(13)16(24)18(25)4-5-26-10-18/h1-3,6,12-13,17,25H,4-5,7-10H2/t12-,13-,18?/m0/s1. The van der Waals surface area contributed by atoms with Gasteiger partial charge in [-0.3, -0.25) is 9.59 Å². The van der Waals surface area contributed by atoms with Gasteiger partial charge in [-0.2, -0.15) is 8.78 Å². The van der Waals surface area contributed by atoms with Crippen LogP contribution in [0.4, 0.5) is 8.78 Å². The molecular formula is C18H20F2N2O5. The molecule has 3 aliphatic heterocycles. The van der Waals surface area contributed by atoms with Gasteiger partial charge in [0.25, 0.3) is 11.8 Å². The Morgan fingerprint density at radius 1 is 1.26 bits per heavy atom. The Morgan fingerprint density at radius 3 is 2.63 bits per heavy atom. The summed E-state index contributed by atoms with van der Waals surface area (Å²) in [5.74, 6) is -0.690. The van der Waals surface area contributed by atoms with Crippen molar-refractivity contribution in [2.24, 2.45) is 0 Å². The van der Waals surface area contributed by atoms with E-state index in [0.29, 0.717) is 26.1 Å². The molecule has 27 heavy (non-hydrogen) atoms. The van der Waals surface area contributed by atoms with Gasteiger partial charge in [-0.25, -0.2) is 0 Å². The van der Waals surface area contributed by atoms with Crippen molar-refractivity contribution in [3.8, 4) is 5.75 Å². The van der Waals surface area contributed by atoms with Crippen LogP contribution in [0.1, 0.15) is 23.2 Å². The lowest BCUT2D eigenvalue weighted by molar-refractivity contribution is -0.153. The maximum Gasteiger partial charge on any atom is 0.387 e. The second kappa shape index (κ2) is 6.72. The molecule has 7 nitrogen and oxygen atoms in total. The fraction of sp³-hybridized carbons (Fsp3) is 0.556.